The molecule has 2 heterocycles. The number of hydrogen-bond acceptors (Lipinski definition) is 7. The second-order valence-corrected chi connectivity index (χ2v) is 6.43. The van der Waals surface area contributed by atoms with Gasteiger partial charge in [-0.3, -0.25) is 0 Å². The van der Waals surface area contributed by atoms with Crippen molar-refractivity contribution in [1.29, 1.82) is 0 Å². The first kappa shape index (κ1) is 14.7. The van der Waals surface area contributed by atoms with Crippen molar-refractivity contribution in [3.63, 3.8) is 0 Å². The monoisotopic (exact) mass is 345 g/mol. The van der Waals surface area contributed by atoms with E-state index in [4.69, 9.17) is 8.60 Å². The van der Waals surface area contributed by atoms with Crippen LogP contribution in [0.1, 0.15) is 17.5 Å². The highest BCUT2D eigenvalue weighted by atomic mass is 32.2. The summed E-state index contributed by atoms with van der Waals surface area (Å²) in [5.74, 6) is 0.640. The van der Waals surface area contributed by atoms with E-state index < -0.39 is 16.3 Å². The first-order valence-electron chi connectivity index (χ1n) is 6.95. The average molecular weight is 345 g/mol. The summed E-state index contributed by atoms with van der Waals surface area (Å²) in [6.45, 7) is 0. The van der Waals surface area contributed by atoms with Crippen LogP contribution >= 0.6 is 0 Å². The van der Waals surface area contributed by atoms with Crippen molar-refractivity contribution < 1.29 is 22.1 Å². The van der Waals surface area contributed by atoms with Crippen LogP contribution in [0.4, 0.5) is 0 Å². The third kappa shape index (κ3) is 2.59. The van der Waals surface area contributed by atoms with E-state index in [0.717, 1.165) is 0 Å². The molecule has 0 spiro atoms. The molecule has 8 nitrogen and oxygen atoms in total. The molecule has 0 bridgehead atoms. The molecular formula is C15H11N3O5S. The van der Waals surface area contributed by atoms with Crippen LogP contribution in [0.15, 0.2) is 52.9 Å². The Labute approximate surface area is 137 Å². The van der Waals surface area contributed by atoms with E-state index in [0.29, 0.717) is 11.1 Å². The molecule has 4 rings (SSSR count). The Morgan fingerprint density at radius 1 is 1.04 bits per heavy atom. The smallest absolute Gasteiger partial charge is 0.383 e. The quantitative estimate of drug-likeness (QED) is 0.727. The second kappa shape index (κ2) is 5.32. The standard InChI is InChI=1S/C15H11N3O5S/c19-10-7-5-9(6-8-10)14-16-17-15(22-14)13-11-3-1-2-4-12(11)23-24(20,21)18-13/h1-8,13,18-19H. The lowest BCUT2D eigenvalue weighted by atomic mass is 10.1. The second-order valence-electron chi connectivity index (χ2n) is 5.12. The molecule has 24 heavy (non-hydrogen) atoms. The fraction of sp³-hybridized carbons (Fsp3) is 0.0667. The first-order valence-corrected chi connectivity index (χ1v) is 8.36. The fourth-order valence-electron chi connectivity index (χ4n) is 2.40. The molecule has 1 aliphatic heterocycles. The summed E-state index contributed by atoms with van der Waals surface area (Å²) in [5, 5.41) is 17.2. The third-order valence-corrected chi connectivity index (χ3v) is 4.42. The van der Waals surface area contributed by atoms with Gasteiger partial charge < -0.3 is 13.7 Å². The Kier molecular flexibility index (Phi) is 3.25. The first-order chi connectivity index (χ1) is 11.5. The van der Waals surface area contributed by atoms with Crippen molar-refractivity contribution in [3.05, 3.63) is 60.0 Å². The van der Waals surface area contributed by atoms with Gasteiger partial charge in [-0.05, 0) is 30.3 Å². The van der Waals surface area contributed by atoms with Crippen LogP contribution in [0.3, 0.4) is 0 Å². The summed E-state index contributed by atoms with van der Waals surface area (Å²) in [4.78, 5) is 0. The molecule has 0 amide bonds. The van der Waals surface area contributed by atoms with Gasteiger partial charge in [0.15, 0.2) is 0 Å². The van der Waals surface area contributed by atoms with Gasteiger partial charge >= 0.3 is 10.3 Å². The summed E-state index contributed by atoms with van der Waals surface area (Å²) in [7, 11) is -3.97. The largest absolute Gasteiger partial charge is 0.508 e. The Morgan fingerprint density at radius 3 is 2.58 bits per heavy atom. The van der Waals surface area contributed by atoms with Crippen molar-refractivity contribution >= 4 is 10.3 Å². The molecule has 9 heteroatoms. The minimum atomic E-state index is -3.97. The lowest BCUT2D eigenvalue weighted by molar-refractivity contribution is 0.407. The summed E-state index contributed by atoms with van der Waals surface area (Å²) in [6, 6.07) is 12.1. The number of nitrogens with zero attached hydrogens (tertiary/aromatic N) is 2. The van der Waals surface area contributed by atoms with E-state index >= 15 is 0 Å². The molecule has 0 aliphatic carbocycles. The van der Waals surface area contributed by atoms with E-state index in [1.54, 1.807) is 36.4 Å². The molecule has 1 aliphatic rings. The van der Waals surface area contributed by atoms with Gasteiger partial charge in [-0.15, -0.1) is 10.2 Å². The molecular weight excluding hydrogens is 334 g/mol. The fourth-order valence-corrected chi connectivity index (χ4v) is 3.35. The zero-order chi connectivity index (χ0) is 16.7. The molecule has 122 valence electrons. The van der Waals surface area contributed by atoms with Crippen molar-refractivity contribution in [2.45, 2.75) is 6.04 Å². The predicted octanol–water partition coefficient (Wildman–Crippen LogP) is 1.76. The highest BCUT2D eigenvalue weighted by molar-refractivity contribution is 7.85. The van der Waals surface area contributed by atoms with E-state index in [2.05, 4.69) is 14.9 Å². The Hall–Kier alpha value is -2.91. The summed E-state index contributed by atoms with van der Waals surface area (Å²) in [6.07, 6.45) is 0. The van der Waals surface area contributed by atoms with Crippen LogP contribution in [0.25, 0.3) is 11.5 Å². The Morgan fingerprint density at radius 2 is 1.79 bits per heavy atom. The van der Waals surface area contributed by atoms with Crippen molar-refractivity contribution in [1.82, 2.24) is 14.9 Å². The van der Waals surface area contributed by atoms with E-state index in [1.165, 1.54) is 12.1 Å². The minimum absolute atomic E-state index is 0.0948. The van der Waals surface area contributed by atoms with Gasteiger partial charge in [0.1, 0.15) is 17.5 Å². The van der Waals surface area contributed by atoms with Gasteiger partial charge in [0.05, 0.1) is 0 Å². The number of nitrogens with one attached hydrogen (secondary N) is 1. The average Bonchev–Trinajstić information content (AvgIpc) is 3.04. The van der Waals surface area contributed by atoms with Crippen molar-refractivity contribution in [2.75, 3.05) is 0 Å². The van der Waals surface area contributed by atoms with Gasteiger partial charge in [0.25, 0.3) is 0 Å². The van der Waals surface area contributed by atoms with Gasteiger partial charge in [-0.1, -0.05) is 18.2 Å². The normalized spacial score (nSPS) is 18.6. The number of hydrogen-bond donors (Lipinski definition) is 2. The van der Waals surface area contributed by atoms with E-state index in [-0.39, 0.29) is 23.3 Å². The number of benzene rings is 2. The predicted molar refractivity (Wildman–Crippen MR) is 82.4 cm³/mol. The molecule has 0 fully saturated rings. The maximum atomic E-state index is 11.9. The lowest BCUT2D eigenvalue weighted by Gasteiger charge is -2.23. The molecule has 0 radical (unpaired) electrons. The molecule has 2 aromatic carbocycles. The zero-order valence-electron chi connectivity index (χ0n) is 12.1. The van der Waals surface area contributed by atoms with Crippen LogP contribution in [0.5, 0.6) is 11.5 Å². The molecule has 0 saturated heterocycles. The number of aromatic nitrogens is 2. The molecule has 1 aromatic heterocycles. The molecule has 2 N–H and O–H groups in total. The SMILES string of the molecule is O=S1(=O)NC(c2nnc(-c3ccc(O)cc3)o2)c2ccccc2O1. The number of para-hydroxylation sites is 1. The Balaban J connectivity index is 1.75. The van der Waals surface area contributed by atoms with Gasteiger partial charge in [-0.25, -0.2) is 0 Å². The van der Waals surface area contributed by atoms with Crippen LogP contribution in [0.2, 0.25) is 0 Å². The van der Waals surface area contributed by atoms with E-state index in [1.807, 2.05) is 0 Å². The highest BCUT2D eigenvalue weighted by Gasteiger charge is 2.34. The maximum absolute atomic E-state index is 11.9. The topological polar surface area (TPSA) is 115 Å². The summed E-state index contributed by atoms with van der Waals surface area (Å²) in [5.41, 5.74) is 1.18. The number of phenols is 1. The lowest BCUT2D eigenvalue weighted by Crippen LogP contribution is -2.37. The molecule has 0 saturated carbocycles. The molecule has 3 aromatic rings. The van der Waals surface area contributed by atoms with E-state index in [9.17, 15) is 13.5 Å². The number of phenolic OH excluding ortho intramolecular Hbond substituents is 1. The van der Waals surface area contributed by atoms with Crippen LogP contribution in [-0.2, 0) is 10.3 Å². The van der Waals surface area contributed by atoms with Crippen LogP contribution in [-0.4, -0.2) is 23.7 Å². The van der Waals surface area contributed by atoms with Crippen molar-refractivity contribution in [3.8, 4) is 23.0 Å². The van der Waals surface area contributed by atoms with Gasteiger partial charge in [0, 0.05) is 11.1 Å². The summed E-state index contributed by atoms with van der Waals surface area (Å²) >= 11 is 0. The molecule has 1 atom stereocenters. The number of rotatable bonds is 2. The third-order valence-electron chi connectivity index (χ3n) is 3.49. The number of fused-ring (bicyclic) bond motifs is 1. The molecule has 1 unspecified atom stereocenters. The summed E-state index contributed by atoms with van der Waals surface area (Å²) < 4.78 is 36.6. The maximum Gasteiger partial charge on any atom is 0.383 e. The van der Waals surface area contributed by atoms with Gasteiger partial charge in [-0.2, -0.15) is 13.1 Å². The van der Waals surface area contributed by atoms with Crippen LogP contribution < -0.4 is 8.91 Å². The highest BCUT2D eigenvalue weighted by Crippen LogP contribution is 2.35. The number of aromatic hydroxyl groups is 1. The zero-order valence-corrected chi connectivity index (χ0v) is 12.9. The minimum Gasteiger partial charge on any atom is -0.508 e. The van der Waals surface area contributed by atoms with Crippen LogP contribution in [0, 0.1) is 0 Å². The van der Waals surface area contributed by atoms with Gasteiger partial charge in [0.2, 0.25) is 11.8 Å². The van der Waals surface area contributed by atoms with Crippen molar-refractivity contribution in [2.24, 2.45) is 0 Å². The Bertz CT molecular complexity index is 998.